The monoisotopic (exact) mass is 290 g/mol. The molecule has 3 N–H and O–H groups in total. The first-order valence-electron chi connectivity index (χ1n) is 6.92. The van der Waals surface area contributed by atoms with E-state index in [9.17, 15) is 0 Å². The van der Waals surface area contributed by atoms with Crippen molar-refractivity contribution in [2.45, 2.75) is 25.9 Å². The first-order valence-corrected chi connectivity index (χ1v) is 6.92. The topological polar surface area (TPSA) is 74.3 Å². The lowest BCUT2D eigenvalue weighted by Crippen LogP contribution is -2.31. The van der Waals surface area contributed by atoms with Crippen molar-refractivity contribution in [1.29, 1.82) is 0 Å². The van der Waals surface area contributed by atoms with Gasteiger partial charge >= 0.3 is 0 Å². The first kappa shape index (κ1) is 15.3. The molecule has 0 saturated heterocycles. The summed E-state index contributed by atoms with van der Waals surface area (Å²) < 4.78 is 12.5. The maximum absolute atomic E-state index is 5.75. The first-order chi connectivity index (χ1) is 10.2. The largest absolute Gasteiger partial charge is 0.497 e. The van der Waals surface area contributed by atoms with Crippen molar-refractivity contribution in [3.8, 4) is 11.5 Å². The number of methoxy groups -OCH3 is 2. The number of nitrogens with zero attached hydrogens (tertiary/aromatic N) is 2. The summed E-state index contributed by atoms with van der Waals surface area (Å²) in [4.78, 5) is 0. The van der Waals surface area contributed by atoms with Crippen LogP contribution in [-0.2, 0) is 13.0 Å². The van der Waals surface area contributed by atoms with Gasteiger partial charge in [0.05, 0.1) is 32.2 Å². The Morgan fingerprint density at radius 1 is 1.33 bits per heavy atom. The molecule has 1 aromatic carbocycles. The van der Waals surface area contributed by atoms with Crippen LogP contribution in [0.15, 0.2) is 30.5 Å². The fourth-order valence-corrected chi connectivity index (χ4v) is 2.41. The number of hydrazine groups is 1. The van der Waals surface area contributed by atoms with E-state index in [1.807, 2.05) is 35.9 Å². The van der Waals surface area contributed by atoms with Crippen LogP contribution in [-0.4, -0.2) is 24.0 Å². The number of nitrogens with one attached hydrogen (secondary N) is 1. The zero-order valence-corrected chi connectivity index (χ0v) is 12.7. The molecule has 0 fully saturated rings. The van der Waals surface area contributed by atoms with Crippen molar-refractivity contribution in [2.24, 2.45) is 5.84 Å². The zero-order chi connectivity index (χ0) is 15.2. The Morgan fingerprint density at radius 3 is 2.76 bits per heavy atom. The van der Waals surface area contributed by atoms with Crippen molar-refractivity contribution in [3.63, 3.8) is 0 Å². The average molecular weight is 290 g/mol. The summed E-state index contributed by atoms with van der Waals surface area (Å²) in [5.74, 6) is 7.32. The minimum Gasteiger partial charge on any atom is -0.497 e. The summed E-state index contributed by atoms with van der Waals surface area (Å²) in [5, 5.41) is 4.32. The van der Waals surface area contributed by atoms with Gasteiger partial charge in [0.1, 0.15) is 5.75 Å². The van der Waals surface area contributed by atoms with Gasteiger partial charge in [0, 0.05) is 6.54 Å². The molecule has 0 saturated carbocycles. The number of nitrogens with two attached hydrogens (primary N) is 1. The highest BCUT2D eigenvalue weighted by atomic mass is 16.5. The Labute approximate surface area is 124 Å². The molecular formula is C15H22N4O2. The van der Waals surface area contributed by atoms with Gasteiger partial charge in [-0.15, -0.1) is 0 Å². The Hall–Kier alpha value is -2.05. The minimum absolute atomic E-state index is 0.0884. The number of aromatic nitrogens is 2. The predicted molar refractivity (Wildman–Crippen MR) is 81.2 cm³/mol. The van der Waals surface area contributed by atoms with Gasteiger partial charge in [0.25, 0.3) is 0 Å². The lowest BCUT2D eigenvalue weighted by atomic mass is 10.0. The summed E-state index contributed by atoms with van der Waals surface area (Å²) in [6.45, 7) is 2.80. The van der Waals surface area contributed by atoms with E-state index in [2.05, 4.69) is 10.5 Å². The van der Waals surface area contributed by atoms with Crippen molar-refractivity contribution >= 4 is 0 Å². The molecular weight excluding hydrogens is 268 g/mol. The van der Waals surface area contributed by atoms with E-state index in [1.165, 1.54) is 0 Å². The van der Waals surface area contributed by atoms with Gasteiger partial charge in [-0.25, -0.2) is 0 Å². The lowest BCUT2D eigenvalue weighted by Gasteiger charge is -2.19. The normalized spacial score (nSPS) is 12.2. The molecule has 114 valence electrons. The van der Waals surface area contributed by atoms with Crippen molar-refractivity contribution in [3.05, 3.63) is 41.7 Å². The number of aryl methyl sites for hydroxylation is 1. The molecule has 6 nitrogen and oxygen atoms in total. The molecule has 1 heterocycles. The van der Waals surface area contributed by atoms with Crippen LogP contribution in [0.2, 0.25) is 0 Å². The van der Waals surface area contributed by atoms with Crippen LogP contribution in [0.5, 0.6) is 11.5 Å². The summed E-state index contributed by atoms with van der Waals surface area (Å²) in [7, 11) is 3.30. The lowest BCUT2D eigenvalue weighted by molar-refractivity contribution is 0.391. The van der Waals surface area contributed by atoms with Crippen LogP contribution in [0, 0.1) is 0 Å². The highest BCUT2D eigenvalue weighted by Gasteiger charge is 2.21. The molecule has 0 bridgehead atoms. The molecule has 1 atom stereocenters. The summed E-state index contributed by atoms with van der Waals surface area (Å²) >= 11 is 0. The van der Waals surface area contributed by atoms with Gasteiger partial charge in [-0.3, -0.25) is 16.0 Å². The number of rotatable bonds is 7. The molecule has 0 aliphatic carbocycles. The summed E-state index contributed by atoms with van der Waals surface area (Å²) in [6, 6.07) is 7.85. The van der Waals surface area contributed by atoms with E-state index < -0.39 is 0 Å². The Balaban J connectivity index is 2.29. The minimum atomic E-state index is -0.0884. The molecule has 0 aliphatic heterocycles. The molecule has 6 heteroatoms. The standard InChI is InChI=1S/C15H22N4O2/c1-4-19-15(14(21-3)10-17-19)13(18-16)9-11-6-5-7-12(8-11)20-2/h5-8,10,13,18H,4,9,16H2,1-3H3. The number of benzene rings is 1. The van der Waals surface area contributed by atoms with Crippen molar-refractivity contribution < 1.29 is 9.47 Å². The van der Waals surface area contributed by atoms with E-state index in [-0.39, 0.29) is 6.04 Å². The maximum atomic E-state index is 5.75. The number of hydrogen-bond donors (Lipinski definition) is 2. The Morgan fingerprint density at radius 2 is 2.14 bits per heavy atom. The third-order valence-corrected chi connectivity index (χ3v) is 3.47. The SMILES string of the molecule is CCn1ncc(OC)c1C(Cc1cccc(OC)c1)NN. The van der Waals surface area contributed by atoms with Crippen LogP contribution in [0.4, 0.5) is 0 Å². The molecule has 2 aromatic rings. The van der Waals surface area contributed by atoms with Gasteiger partial charge in [0.2, 0.25) is 0 Å². The third-order valence-electron chi connectivity index (χ3n) is 3.47. The fourth-order valence-electron chi connectivity index (χ4n) is 2.41. The smallest absolute Gasteiger partial charge is 0.161 e. The maximum Gasteiger partial charge on any atom is 0.161 e. The summed E-state index contributed by atoms with van der Waals surface area (Å²) in [6.07, 6.45) is 2.44. The van der Waals surface area contributed by atoms with Crippen LogP contribution in [0.3, 0.4) is 0 Å². The molecule has 2 rings (SSSR count). The second kappa shape index (κ2) is 7.10. The van der Waals surface area contributed by atoms with Crippen molar-refractivity contribution in [1.82, 2.24) is 15.2 Å². The van der Waals surface area contributed by atoms with E-state index in [0.29, 0.717) is 0 Å². The second-order valence-corrected chi connectivity index (χ2v) is 4.69. The molecule has 0 radical (unpaired) electrons. The molecule has 1 aromatic heterocycles. The highest BCUT2D eigenvalue weighted by molar-refractivity contribution is 5.33. The van der Waals surface area contributed by atoms with Gasteiger partial charge in [0.15, 0.2) is 5.75 Å². The van der Waals surface area contributed by atoms with E-state index in [1.54, 1.807) is 20.4 Å². The fraction of sp³-hybridized carbons (Fsp3) is 0.400. The Kier molecular flexibility index (Phi) is 5.19. The van der Waals surface area contributed by atoms with E-state index >= 15 is 0 Å². The molecule has 0 spiro atoms. The van der Waals surface area contributed by atoms with Gasteiger partial charge in [-0.05, 0) is 31.0 Å². The quantitative estimate of drug-likeness (QED) is 0.599. The third kappa shape index (κ3) is 3.34. The molecule has 0 amide bonds. The Bertz CT molecular complexity index is 561. The van der Waals surface area contributed by atoms with Crippen LogP contribution < -0.4 is 20.7 Å². The average Bonchev–Trinajstić information content (AvgIpc) is 2.95. The van der Waals surface area contributed by atoms with Gasteiger partial charge in [-0.1, -0.05) is 12.1 Å². The van der Waals surface area contributed by atoms with Crippen LogP contribution in [0.1, 0.15) is 24.2 Å². The van der Waals surface area contributed by atoms with Gasteiger partial charge in [-0.2, -0.15) is 5.10 Å². The van der Waals surface area contributed by atoms with E-state index in [0.717, 1.165) is 35.7 Å². The van der Waals surface area contributed by atoms with Crippen LogP contribution in [0.25, 0.3) is 0 Å². The second-order valence-electron chi connectivity index (χ2n) is 4.69. The molecule has 0 aliphatic rings. The highest BCUT2D eigenvalue weighted by Crippen LogP contribution is 2.28. The van der Waals surface area contributed by atoms with Gasteiger partial charge < -0.3 is 9.47 Å². The molecule has 21 heavy (non-hydrogen) atoms. The molecule has 1 unspecified atom stereocenters. The van der Waals surface area contributed by atoms with E-state index in [4.69, 9.17) is 15.3 Å². The zero-order valence-electron chi connectivity index (χ0n) is 12.7. The van der Waals surface area contributed by atoms with Crippen molar-refractivity contribution in [2.75, 3.05) is 14.2 Å². The number of hydrogen-bond acceptors (Lipinski definition) is 5. The van der Waals surface area contributed by atoms with Crippen LogP contribution >= 0.6 is 0 Å². The predicted octanol–water partition coefficient (Wildman–Crippen LogP) is 1.67. The summed E-state index contributed by atoms with van der Waals surface area (Å²) in [5.41, 5.74) is 4.94. The number of ether oxygens (including phenoxy) is 2.